The van der Waals surface area contributed by atoms with Gasteiger partial charge in [-0.1, -0.05) is 30.7 Å². The topological polar surface area (TPSA) is 45.2 Å². The van der Waals surface area contributed by atoms with Gasteiger partial charge in [0.05, 0.1) is 5.56 Å². The van der Waals surface area contributed by atoms with Crippen LogP contribution in [-0.2, 0) is 13.1 Å². The van der Waals surface area contributed by atoms with E-state index in [2.05, 4.69) is 39.5 Å². The molecule has 1 aromatic carbocycles. The van der Waals surface area contributed by atoms with Gasteiger partial charge in [0, 0.05) is 25.5 Å². The van der Waals surface area contributed by atoms with Crippen LogP contribution in [0.25, 0.3) is 0 Å². The van der Waals surface area contributed by atoms with Gasteiger partial charge in [-0.05, 0) is 49.2 Å². The second kappa shape index (κ2) is 7.88. The van der Waals surface area contributed by atoms with E-state index in [9.17, 15) is 4.79 Å². The third-order valence-electron chi connectivity index (χ3n) is 4.25. The summed E-state index contributed by atoms with van der Waals surface area (Å²) in [6, 6.07) is 12.1. The smallest absolute Gasteiger partial charge is 0.253 e. The van der Waals surface area contributed by atoms with Crippen molar-refractivity contribution in [1.29, 1.82) is 0 Å². The van der Waals surface area contributed by atoms with Crippen molar-refractivity contribution in [3.05, 3.63) is 65.5 Å². The highest BCUT2D eigenvalue weighted by molar-refractivity contribution is 5.93. The summed E-state index contributed by atoms with van der Waals surface area (Å²) in [4.78, 5) is 18.5. The molecular formula is C19H23N3O. The average Bonchev–Trinajstić information content (AvgIpc) is 2.62. The fourth-order valence-electron chi connectivity index (χ4n) is 2.92. The van der Waals surface area contributed by atoms with Crippen molar-refractivity contribution in [3.63, 3.8) is 0 Å². The van der Waals surface area contributed by atoms with E-state index in [4.69, 9.17) is 0 Å². The molecule has 3 rings (SSSR count). The van der Waals surface area contributed by atoms with Crippen LogP contribution in [0.15, 0.2) is 48.8 Å². The molecule has 1 saturated heterocycles. The molecule has 0 unspecified atom stereocenters. The largest absolute Gasteiger partial charge is 0.348 e. The number of pyridine rings is 1. The fourth-order valence-corrected chi connectivity index (χ4v) is 2.92. The average molecular weight is 309 g/mol. The maximum absolute atomic E-state index is 12.0. The first kappa shape index (κ1) is 15.7. The van der Waals surface area contributed by atoms with Crippen LogP contribution >= 0.6 is 0 Å². The first-order chi connectivity index (χ1) is 11.3. The van der Waals surface area contributed by atoms with Crippen LogP contribution in [0.2, 0.25) is 0 Å². The van der Waals surface area contributed by atoms with E-state index in [1.54, 1.807) is 24.5 Å². The summed E-state index contributed by atoms with van der Waals surface area (Å²) in [5.41, 5.74) is 3.05. The fraction of sp³-hybridized carbons (Fsp3) is 0.368. The Morgan fingerprint density at radius 1 is 1.04 bits per heavy atom. The van der Waals surface area contributed by atoms with Crippen LogP contribution in [0.1, 0.15) is 40.7 Å². The van der Waals surface area contributed by atoms with Gasteiger partial charge < -0.3 is 5.32 Å². The first-order valence-corrected chi connectivity index (χ1v) is 8.30. The number of nitrogens with one attached hydrogen (secondary N) is 1. The lowest BCUT2D eigenvalue weighted by Gasteiger charge is -2.26. The summed E-state index contributed by atoms with van der Waals surface area (Å²) in [5, 5.41) is 2.93. The number of hydrogen-bond donors (Lipinski definition) is 1. The quantitative estimate of drug-likeness (QED) is 0.923. The maximum Gasteiger partial charge on any atom is 0.253 e. The number of rotatable bonds is 5. The maximum atomic E-state index is 12.0. The monoisotopic (exact) mass is 309 g/mol. The standard InChI is InChI=1S/C19H23N3O/c23-19(18-5-4-10-20-14-18)21-13-16-6-8-17(9-7-16)15-22-11-2-1-3-12-22/h4-10,14H,1-3,11-13,15H2,(H,21,23). The Morgan fingerprint density at radius 2 is 1.78 bits per heavy atom. The Labute approximate surface area is 137 Å². The number of carbonyl (C=O) groups excluding carboxylic acids is 1. The zero-order valence-corrected chi connectivity index (χ0v) is 13.4. The Hall–Kier alpha value is -2.20. The molecule has 0 atom stereocenters. The Morgan fingerprint density at radius 3 is 2.48 bits per heavy atom. The molecule has 0 spiro atoms. The van der Waals surface area contributed by atoms with E-state index < -0.39 is 0 Å². The van der Waals surface area contributed by atoms with Gasteiger partial charge in [0.2, 0.25) is 0 Å². The molecule has 0 bridgehead atoms. The number of piperidine rings is 1. The van der Waals surface area contributed by atoms with E-state index in [1.165, 1.54) is 37.9 Å². The molecule has 120 valence electrons. The van der Waals surface area contributed by atoms with Crippen molar-refractivity contribution < 1.29 is 4.79 Å². The lowest BCUT2D eigenvalue weighted by Crippen LogP contribution is -2.29. The highest BCUT2D eigenvalue weighted by atomic mass is 16.1. The Kier molecular flexibility index (Phi) is 5.37. The first-order valence-electron chi connectivity index (χ1n) is 8.30. The number of aromatic nitrogens is 1. The summed E-state index contributed by atoms with van der Waals surface area (Å²) in [6.07, 6.45) is 7.25. The number of hydrogen-bond acceptors (Lipinski definition) is 3. The molecular weight excluding hydrogens is 286 g/mol. The van der Waals surface area contributed by atoms with E-state index >= 15 is 0 Å². The highest BCUT2D eigenvalue weighted by Crippen LogP contribution is 2.13. The van der Waals surface area contributed by atoms with Crippen LogP contribution in [0.4, 0.5) is 0 Å². The summed E-state index contributed by atoms with van der Waals surface area (Å²) in [6.45, 7) is 3.99. The van der Waals surface area contributed by atoms with Crippen LogP contribution < -0.4 is 5.32 Å². The molecule has 23 heavy (non-hydrogen) atoms. The summed E-state index contributed by atoms with van der Waals surface area (Å²) in [5.74, 6) is -0.0875. The molecule has 4 nitrogen and oxygen atoms in total. The Balaban J connectivity index is 1.50. The van der Waals surface area contributed by atoms with Crippen molar-refractivity contribution in [3.8, 4) is 0 Å². The molecule has 0 aliphatic carbocycles. The number of carbonyl (C=O) groups is 1. The zero-order chi connectivity index (χ0) is 15.9. The van der Waals surface area contributed by atoms with Crippen molar-refractivity contribution in [2.75, 3.05) is 13.1 Å². The number of benzene rings is 1. The van der Waals surface area contributed by atoms with Gasteiger partial charge >= 0.3 is 0 Å². The van der Waals surface area contributed by atoms with E-state index in [1.807, 2.05) is 0 Å². The van der Waals surface area contributed by atoms with E-state index in [0.717, 1.165) is 12.1 Å². The van der Waals surface area contributed by atoms with Crippen LogP contribution in [-0.4, -0.2) is 28.9 Å². The predicted octanol–water partition coefficient (Wildman–Crippen LogP) is 3.00. The second-order valence-electron chi connectivity index (χ2n) is 6.08. The third kappa shape index (κ3) is 4.63. The lowest BCUT2D eigenvalue weighted by atomic mass is 10.1. The SMILES string of the molecule is O=C(NCc1ccc(CN2CCCCC2)cc1)c1cccnc1. The van der Waals surface area contributed by atoms with Crippen molar-refractivity contribution in [2.24, 2.45) is 0 Å². The van der Waals surface area contributed by atoms with Crippen molar-refractivity contribution >= 4 is 5.91 Å². The van der Waals surface area contributed by atoms with Gasteiger partial charge in [-0.15, -0.1) is 0 Å². The molecule has 1 fully saturated rings. The van der Waals surface area contributed by atoms with Crippen LogP contribution in [0, 0.1) is 0 Å². The van der Waals surface area contributed by atoms with E-state index in [0.29, 0.717) is 12.1 Å². The Bertz CT molecular complexity index is 619. The van der Waals surface area contributed by atoms with Gasteiger partial charge in [0.25, 0.3) is 5.91 Å². The molecule has 1 N–H and O–H groups in total. The lowest BCUT2D eigenvalue weighted by molar-refractivity contribution is 0.0950. The minimum absolute atomic E-state index is 0.0875. The third-order valence-corrected chi connectivity index (χ3v) is 4.25. The molecule has 1 aliphatic heterocycles. The molecule has 4 heteroatoms. The number of amides is 1. The second-order valence-corrected chi connectivity index (χ2v) is 6.08. The van der Waals surface area contributed by atoms with E-state index in [-0.39, 0.29) is 5.91 Å². The van der Waals surface area contributed by atoms with Crippen LogP contribution in [0.3, 0.4) is 0 Å². The molecule has 0 saturated carbocycles. The predicted molar refractivity (Wildman–Crippen MR) is 91.0 cm³/mol. The summed E-state index contributed by atoms with van der Waals surface area (Å²) in [7, 11) is 0. The van der Waals surface area contributed by atoms with Gasteiger partial charge in [-0.3, -0.25) is 14.7 Å². The minimum Gasteiger partial charge on any atom is -0.348 e. The molecule has 1 aliphatic rings. The number of likely N-dealkylation sites (tertiary alicyclic amines) is 1. The normalized spacial score (nSPS) is 15.3. The minimum atomic E-state index is -0.0875. The molecule has 2 aromatic rings. The molecule has 2 heterocycles. The molecule has 0 radical (unpaired) electrons. The number of nitrogens with zero attached hydrogens (tertiary/aromatic N) is 2. The van der Waals surface area contributed by atoms with Gasteiger partial charge in [0.15, 0.2) is 0 Å². The zero-order valence-electron chi connectivity index (χ0n) is 13.4. The van der Waals surface area contributed by atoms with Gasteiger partial charge in [-0.25, -0.2) is 0 Å². The van der Waals surface area contributed by atoms with Crippen LogP contribution in [0.5, 0.6) is 0 Å². The molecule has 1 aromatic heterocycles. The summed E-state index contributed by atoms with van der Waals surface area (Å²) < 4.78 is 0. The van der Waals surface area contributed by atoms with Crippen molar-refractivity contribution in [1.82, 2.24) is 15.2 Å². The van der Waals surface area contributed by atoms with Gasteiger partial charge in [-0.2, -0.15) is 0 Å². The van der Waals surface area contributed by atoms with Crippen molar-refractivity contribution in [2.45, 2.75) is 32.4 Å². The van der Waals surface area contributed by atoms with Gasteiger partial charge in [0.1, 0.15) is 0 Å². The molecule has 1 amide bonds. The highest BCUT2D eigenvalue weighted by Gasteiger charge is 2.10. The summed E-state index contributed by atoms with van der Waals surface area (Å²) >= 11 is 0.